The van der Waals surface area contributed by atoms with Crippen LogP contribution in [0.5, 0.6) is 0 Å². The second-order valence-corrected chi connectivity index (χ2v) is 8.99. The molecule has 0 fully saturated rings. The van der Waals surface area contributed by atoms with Crippen LogP contribution in [0.1, 0.15) is 45.9 Å². The third-order valence-corrected chi connectivity index (χ3v) is 5.06. The summed E-state index contributed by atoms with van der Waals surface area (Å²) < 4.78 is 10.1. The Morgan fingerprint density at radius 3 is 2.62 bits per heavy atom. The second kappa shape index (κ2) is 10.4. The number of alkyl carbamates (subject to hydrolysis) is 1. The molecule has 34 heavy (non-hydrogen) atoms. The Bertz CT molecular complexity index is 1110. The van der Waals surface area contributed by atoms with Crippen molar-refractivity contribution in [3.63, 3.8) is 0 Å². The highest BCUT2D eigenvalue weighted by atomic mass is 16.6. The number of amides is 3. The lowest BCUT2D eigenvalue weighted by atomic mass is 9.98. The van der Waals surface area contributed by atoms with Crippen LogP contribution in [-0.2, 0) is 14.3 Å². The summed E-state index contributed by atoms with van der Waals surface area (Å²) in [5.41, 5.74) is 2.53. The van der Waals surface area contributed by atoms with Crippen molar-refractivity contribution in [1.82, 2.24) is 10.3 Å². The molecule has 1 aliphatic rings. The van der Waals surface area contributed by atoms with Gasteiger partial charge in [0.2, 0.25) is 5.91 Å². The molecule has 0 unspecified atom stereocenters. The van der Waals surface area contributed by atoms with E-state index >= 15 is 0 Å². The number of rotatable bonds is 2. The topological polar surface area (TPSA) is 119 Å². The molecule has 0 saturated carbocycles. The molecular formula is C25H30N4O5. The first-order valence-electron chi connectivity index (χ1n) is 11.0. The van der Waals surface area contributed by atoms with Crippen LogP contribution < -0.4 is 16.0 Å². The lowest BCUT2D eigenvalue weighted by Gasteiger charge is -2.24. The first-order chi connectivity index (χ1) is 16.1. The highest BCUT2D eigenvalue weighted by Crippen LogP contribution is 2.33. The van der Waals surface area contributed by atoms with Gasteiger partial charge < -0.3 is 20.1 Å². The van der Waals surface area contributed by atoms with E-state index in [1.165, 1.54) is 7.11 Å². The van der Waals surface area contributed by atoms with Crippen LogP contribution in [0.2, 0.25) is 0 Å². The average Bonchev–Trinajstić information content (AvgIpc) is 2.76. The molecular weight excluding hydrogens is 436 g/mol. The van der Waals surface area contributed by atoms with E-state index in [4.69, 9.17) is 4.74 Å². The number of hydrogen-bond acceptors (Lipinski definition) is 6. The van der Waals surface area contributed by atoms with Gasteiger partial charge in [0.25, 0.3) is 0 Å². The van der Waals surface area contributed by atoms with Gasteiger partial charge in [-0.05, 0) is 57.0 Å². The van der Waals surface area contributed by atoms with Crippen molar-refractivity contribution in [3.8, 4) is 11.1 Å². The van der Waals surface area contributed by atoms with E-state index in [2.05, 4.69) is 25.7 Å². The van der Waals surface area contributed by atoms with Gasteiger partial charge >= 0.3 is 12.2 Å². The minimum absolute atomic E-state index is 0.209. The fraction of sp³-hybridized carbons (Fsp3) is 0.360. The number of fused-ring (bicyclic) bond motifs is 4. The first-order valence-corrected chi connectivity index (χ1v) is 11.0. The average molecular weight is 467 g/mol. The van der Waals surface area contributed by atoms with E-state index in [1.54, 1.807) is 58.2 Å². The van der Waals surface area contributed by atoms with Gasteiger partial charge in [0.1, 0.15) is 5.60 Å². The van der Waals surface area contributed by atoms with Crippen LogP contribution in [0.3, 0.4) is 0 Å². The predicted octanol–water partition coefficient (Wildman–Crippen LogP) is 5.03. The second-order valence-electron chi connectivity index (χ2n) is 8.99. The molecule has 0 saturated heterocycles. The van der Waals surface area contributed by atoms with Crippen LogP contribution in [0.4, 0.5) is 21.0 Å². The zero-order chi connectivity index (χ0) is 24.9. The van der Waals surface area contributed by atoms with Gasteiger partial charge in [-0.1, -0.05) is 25.1 Å². The number of hydrogen-bond donors (Lipinski definition) is 3. The van der Waals surface area contributed by atoms with Crippen LogP contribution in [-0.4, -0.2) is 35.8 Å². The molecule has 2 atom stereocenters. The largest absolute Gasteiger partial charge is 0.453 e. The summed E-state index contributed by atoms with van der Waals surface area (Å²) in [6.45, 7) is 7.17. The highest BCUT2D eigenvalue weighted by molar-refractivity contribution is 5.99. The number of methoxy groups -OCH3 is 1. The molecule has 2 bridgehead atoms. The smallest absolute Gasteiger partial charge is 0.411 e. The molecule has 0 radical (unpaired) electrons. The van der Waals surface area contributed by atoms with E-state index in [1.807, 2.05) is 18.2 Å². The Hall–Kier alpha value is -3.88. The molecule has 9 nitrogen and oxygen atoms in total. The minimum atomic E-state index is -0.637. The molecule has 0 aliphatic carbocycles. The number of nitrogens with one attached hydrogen (secondary N) is 3. The summed E-state index contributed by atoms with van der Waals surface area (Å²) in [6.07, 6.45) is 4.55. The van der Waals surface area contributed by atoms with Gasteiger partial charge in [-0.15, -0.1) is 0 Å². The fourth-order valence-electron chi connectivity index (χ4n) is 3.41. The Kier molecular flexibility index (Phi) is 7.55. The van der Waals surface area contributed by atoms with E-state index in [9.17, 15) is 14.4 Å². The molecule has 1 aliphatic heterocycles. The number of ether oxygens (including phenoxy) is 2. The zero-order valence-electron chi connectivity index (χ0n) is 20.0. The van der Waals surface area contributed by atoms with Gasteiger partial charge in [-0.25, -0.2) is 9.59 Å². The minimum Gasteiger partial charge on any atom is -0.453 e. The quantitative estimate of drug-likeness (QED) is 0.534. The van der Waals surface area contributed by atoms with Crippen molar-refractivity contribution in [2.45, 2.75) is 45.8 Å². The molecule has 0 spiro atoms. The Morgan fingerprint density at radius 2 is 1.91 bits per heavy atom. The molecule has 1 aromatic carbocycles. The molecule has 2 heterocycles. The maximum atomic E-state index is 12.8. The molecule has 1 aromatic heterocycles. The lowest BCUT2D eigenvalue weighted by Crippen LogP contribution is -2.35. The highest BCUT2D eigenvalue weighted by Gasteiger charge is 2.22. The standard InChI is InChI=1S/C25H30N4O5/c1-15-7-6-8-19(29-24(32)34-25(2,3)4)21-13-16(11-12-26-21)18-10-9-17(27-23(31)33-5)14-20(18)28-22(15)30/h6-7,9-15,19H,8H2,1-5H3,(H,27,31)(H,28,30)(H,29,32)/b7-6-/t15-,19-/m0/s1. The van der Waals surface area contributed by atoms with Crippen molar-refractivity contribution in [2.24, 2.45) is 5.92 Å². The van der Waals surface area contributed by atoms with Gasteiger partial charge in [-0.3, -0.25) is 15.1 Å². The van der Waals surface area contributed by atoms with Crippen molar-refractivity contribution in [3.05, 3.63) is 54.4 Å². The molecule has 9 heteroatoms. The third-order valence-electron chi connectivity index (χ3n) is 5.06. The third kappa shape index (κ3) is 6.57. The maximum absolute atomic E-state index is 12.8. The summed E-state index contributed by atoms with van der Waals surface area (Å²) in [5, 5.41) is 8.44. The van der Waals surface area contributed by atoms with Gasteiger partial charge in [-0.2, -0.15) is 0 Å². The molecule has 3 amide bonds. The van der Waals surface area contributed by atoms with Crippen LogP contribution in [0.25, 0.3) is 11.1 Å². The van der Waals surface area contributed by atoms with Crippen LogP contribution >= 0.6 is 0 Å². The van der Waals surface area contributed by atoms with Gasteiger partial charge in [0.15, 0.2) is 0 Å². The van der Waals surface area contributed by atoms with Gasteiger partial charge in [0.05, 0.1) is 30.5 Å². The fourth-order valence-corrected chi connectivity index (χ4v) is 3.41. The molecule has 2 aromatic rings. The van der Waals surface area contributed by atoms with Gasteiger partial charge in [0, 0.05) is 17.4 Å². The first kappa shape index (κ1) is 24.8. The van der Waals surface area contributed by atoms with E-state index < -0.39 is 29.7 Å². The molecule has 3 rings (SSSR count). The number of benzene rings is 1. The lowest BCUT2D eigenvalue weighted by molar-refractivity contribution is -0.118. The number of nitrogens with zero attached hydrogens (tertiary/aromatic N) is 1. The van der Waals surface area contributed by atoms with Crippen molar-refractivity contribution in [2.75, 3.05) is 17.7 Å². The Morgan fingerprint density at radius 1 is 1.15 bits per heavy atom. The number of pyridine rings is 1. The SMILES string of the molecule is COC(=O)Nc1ccc2c(c1)NC(=O)[C@@H](C)/C=C\C[C@H](NC(=O)OC(C)(C)C)c1cc-2ccn1. The number of carbonyl (C=O) groups is 3. The maximum Gasteiger partial charge on any atom is 0.411 e. The zero-order valence-corrected chi connectivity index (χ0v) is 20.0. The molecule has 3 N–H and O–H groups in total. The Balaban J connectivity index is 2.04. The number of aromatic nitrogens is 1. The van der Waals surface area contributed by atoms with Crippen LogP contribution in [0.15, 0.2) is 48.7 Å². The van der Waals surface area contributed by atoms with E-state index in [-0.39, 0.29) is 5.91 Å². The summed E-state index contributed by atoms with van der Waals surface area (Å²) in [7, 11) is 1.28. The van der Waals surface area contributed by atoms with E-state index in [0.29, 0.717) is 23.5 Å². The number of carbonyl (C=O) groups excluding carboxylic acids is 3. The van der Waals surface area contributed by atoms with Crippen molar-refractivity contribution < 1.29 is 23.9 Å². The normalized spacial score (nSPS) is 18.8. The van der Waals surface area contributed by atoms with Crippen molar-refractivity contribution >= 4 is 29.5 Å². The monoisotopic (exact) mass is 466 g/mol. The van der Waals surface area contributed by atoms with Crippen LogP contribution in [0, 0.1) is 5.92 Å². The Labute approximate surface area is 198 Å². The van der Waals surface area contributed by atoms with E-state index in [0.717, 1.165) is 11.1 Å². The summed E-state index contributed by atoms with van der Waals surface area (Å²) in [5.74, 6) is -0.641. The summed E-state index contributed by atoms with van der Waals surface area (Å²) >= 11 is 0. The predicted molar refractivity (Wildman–Crippen MR) is 129 cm³/mol. The summed E-state index contributed by atoms with van der Waals surface area (Å²) in [4.78, 5) is 41.4. The van der Waals surface area contributed by atoms with Crippen molar-refractivity contribution in [1.29, 1.82) is 0 Å². The molecule has 180 valence electrons. The number of anilines is 2. The summed E-state index contributed by atoms with van der Waals surface area (Å²) in [6, 6.07) is 8.40.